The fourth-order valence-electron chi connectivity index (χ4n) is 4.28. The van der Waals surface area contributed by atoms with Gasteiger partial charge in [0.25, 0.3) is 0 Å². The molecule has 1 unspecified atom stereocenters. The Hall–Kier alpha value is -2.52. The molecule has 2 heterocycles. The fraction of sp³-hybridized carbons (Fsp3) is 0.407. The van der Waals surface area contributed by atoms with Crippen molar-refractivity contribution in [2.75, 3.05) is 32.7 Å². The number of hydrogen-bond acceptors (Lipinski definition) is 5. The molecule has 0 amide bonds. The molecule has 188 valence electrons. The maximum absolute atomic E-state index is 13.6. The summed E-state index contributed by atoms with van der Waals surface area (Å²) in [5.41, 5.74) is 4.74. The van der Waals surface area contributed by atoms with Gasteiger partial charge in [-0.25, -0.2) is 12.8 Å². The van der Waals surface area contributed by atoms with Crippen LogP contribution in [0.2, 0.25) is 0 Å². The van der Waals surface area contributed by atoms with E-state index in [-0.39, 0.29) is 17.0 Å². The summed E-state index contributed by atoms with van der Waals surface area (Å²) in [7, 11) is -3.28. The van der Waals surface area contributed by atoms with Gasteiger partial charge in [0.2, 0.25) is 0 Å². The number of rotatable bonds is 10. The Balaban J connectivity index is 1.48. The molecule has 6 nitrogen and oxygen atoms in total. The molecule has 0 bridgehead atoms. The predicted octanol–water partition coefficient (Wildman–Crippen LogP) is 5.10. The number of ether oxygens (including phenoxy) is 3. The lowest BCUT2D eigenvalue weighted by molar-refractivity contribution is -0.168. The molecule has 3 aromatic rings. The molecule has 1 atom stereocenters. The van der Waals surface area contributed by atoms with Gasteiger partial charge in [-0.2, -0.15) is 0 Å². The van der Waals surface area contributed by atoms with Crippen LogP contribution in [-0.4, -0.2) is 52.0 Å². The molecule has 0 aliphatic carbocycles. The second kappa shape index (κ2) is 11.5. The van der Waals surface area contributed by atoms with Crippen molar-refractivity contribution in [2.45, 2.75) is 43.8 Å². The Bertz CT molecular complexity index is 1210. The lowest BCUT2D eigenvalue weighted by Crippen LogP contribution is -2.24. The Morgan fingerprint density at radius 3 is 2.43 bits per heavy atom. The van der Waals surface area contributed by atoms with Crippen molar-refractivity contribution in [3.8, 4) is 16.9 Å². The average molecular weight is 502 g/mol. The first-order valence-electron chi connectivity index (χ1n) is 11.9. The zero-order chi connectivity index (χ0) is 24.8. The molecule has 1 aliphatic heterocycles. The summed E-state index contributed by atoms with van der Waals surface area (Å²) in [6.07, 6.45) is 4.94. The van der Waals surface area contributed by atoms with Crippen molar-refractivity contribution < 1.29 is 27.0 Å². The van der Waals surface area contributed by atoms with E-state index in [4.69, 9.17) is 14.2 Å². The first kappa shape index (κ1) is 25.6. The standard InChI is InChI=1S/C27H32FNO5S/c1-20-22(14-16-32-17-18-34-27-5-3-4-15-33-27)19-26(29(20)24-10-8-23(28)9-11-24)21-6-12-25(13-7-21)35(2,30)31/h6-13,19,27H,3-5,14-18H2,1-2H3. The van der Waals surface area contributed by atoms with E-state index < -0.39 is 9.84 Å². The van der Waals surface area contributed by atoms with Crippen LogP contribution in [0.3, 0.4) is 0 Å². The molecule has 0 N–H and O–H groups in total. The fourth-order valence-corrected chi connectivity index (χ4v) is 4.92. The maximum Gasteiger partial charge on any atom is 0.175 e. The van der Waals surface area contributed by atoms with Crippen LogP contribution in [0.25, 0.3) is 16.9 Å². The minimum absolute atomic E-state index is 0.115. The summed E-state index contributed by atoms with van der Waals surface area (Å²) < 4.78 is 56.5. The van der Waals surface area contributed by atoms with Gasteiger partial charge in [0.15, 0.2) is 16.1 Å². The van der Waals surface area contributed by atoms with E-state index in [1.54, 1.807) is 36.4 Å². The Kier molecular flexibility index (Phi) is 8.38. The van der Waals surface area contributed by atoms with Gasteiger partial charge < -0.3 is 18.8 Å². The quantitative estimate of drug-likeness (QED) is 0.362. The van der Waals surface area contributed by atoms with Crippen molar-refractivity contribution in [1.82, 2.24) is 4.57 Å². The van der Waals surface area contributed by atoms with Crippen LogP contribution in [0.4, 0.5) is 4.39 Å². The van der Waals surface area contributed by atoms with Crippen molar-refractivity contribution in [2.24, 2.45) is 0 Å². The van der Waals surface area contributed by atoms with Gasteiger partial charge in [0.05, 0.1) is 30.4 Å². The number of halogens is 1. The second-order valence-corrected chi connectivity index (χ2v) is 10.8. The summed E-state index contributed by atoms with van der Waals surface area (Å²) in [5.74, 6) is -0.299. The molecule has 35 heavy (non-hydrogen) atoms. The van der Waals surface area contributed by atoms with E-state index in [1.807, 2.05) is 6.92 Å². The zero-order valence-electron chi connectivity index (χ0n) is 20.2. The molecule has 0 spiro atoms. The van der Waals surface area contributed by atoms with E-state index in [0.29, 0.717) is 26.2 Å². The third kappa shape index (κ3) is 6.58. The Morgan fingerprint density at radius 2 is 1.77 bits per heavy atom. The van der Waals surface area contributed by atoms with Gasteiger partial charge in [-0.15, -0.1) is 0 Å². The van der Waals surface area contributed by atoms with Gasteiger partial charge in [-0.3, -0.25) is 0 Å². The average Bonchev–Trinajstić information content (AvgIpc) is 3.18. The molecular weight excluding hydrogens is 469 g/mol. The smallest absolute Gasteiger partial charge is 0.175 e. The van der Waals surface area contributed by atoms with Gasteiger partial charge >= 0.3 is 0 Å². The highest BCUT2D eigenvalue weighted by atomic mass is 32.2. The number of aromatic nitrogens is 1. The van der Waals surface area contributed by atoms with Crippen LogP contribution >= 0.6 is 0 Å². The van der Waals surface area contributed by atoms with Gasteiger partial charge in [-0.05, 0) is 86.2 Å². The van der Waals surface area contributed by atoms with E-state index >= 15 is 0 Å². The highest BCUT2D eigenvalue weighted by Gasteiger charge is 2.17. The van der Waals surface area contributed by atoms with E-state index in [1.165, 1.54) is 18.4 Å². The van der Waals surface area contributed by atoms with E-state index in [9.17, 15) is 12.8 Å². The normalized spacial score (nSPS) is 16.5. The van der Waals surface area contributed by atoms with Crippen molar-refractivity contribution in [1.29, 1.82) is 0 Å². The lowest BCUT2D eigenvalue weighted by atomic mass is 10.1. The van der Waals surface area contributed by atoms with Crippen LogP contribution in [0, 0.1) is 12.7 Å². The summed E-state index contributed by atoms with van der Waals surface area (Å²) in [6.45, 7) is 4.32. The number of hydrogen-bond donors (Lipinski definition) is 0. The highest BCUT2D eigenvalue weighted by molar-refractivity contribution is 7.90. The summed E-state index contributed by atoms with van der Waals surface area (Å²) in [5, 5.41) is 0. The monoisotopic (exact) mass is 501 g/mol. The summed E-state index contributed by atoms with van der Waals surface area (Å²) >= 11 is 0. The summed E-state index contributed by atoms with van der Waals surface area (Å²) in [4.78, 5) is 0.271. The van der Waals surface area contributed by atoms with E-state index in [2.05, 4.69) is 10.6 Å². The van der Waals surface area contributed by atoms with Gasteiger partial charge in [0.1, 0.15) is 5.82 Å². The highest BCUT2D eigenvalue weighted by Crippen LogP contribution is 2.30. The molecule has 1 aliphatic rings. The Morgan fingerprint density at radius 1 is 1.03 bits per heavy atom. The number of nitrogens with zero attached hydrogens (tertiary/aromatic N) is 1. The molecule has 1 aromatic heterocycles. The molecule has 0 radical (unpaired) electrons. The molecule has 1 saturated heterocycles. The zero-order valence-corrected chi connectivity index (χ0v) is 21.0. The number of benzene rings is 2. The van der Waals surface area contributed by atoms with Gasteiger partial charge in [-0.1, -0.05) is 12.1 Å². The summed E-state index contributed by atoms with van der Waals surface area (Å²) in [6, 6.07) is 15.3. The minimum atomic E-state index is -3.28. The van der Waals surface area contributed by atoms with Crippen molar-refractivity contribution in [3.63, 3.8) is 0 Å². The van der Waals surface area contributed by atoms with Crippen LogP contribution < -0.4 is 0 Å². The molecule has 1 fully saturated rings. The second-order valence-electron chi connectivity index (χ2n) is 8.78. The van der Waals surface area contributed by atoms with Gasteiger partial charge in [0, 0.05) is 24.2 Å². The SMILES string of the molecule is Cc1c(CCOCCOC2CCCCO2)cc(-c2ccc(S(C)(=O)=O)cc2)n1-c1ccc(F)cc1. The van der Waals surface area contributed by atoms with Crippen molar-refractivity contribution >= 4 is 9.84 Å². The predicted molar refractivity (Wildman–Crippen MR) is 133 cm³/mol. The molecular formula is C27H32FNO5S. The van der Waals surface area contributed by atoms with Crippen molar-refractivity contribution in [3.05, 3.63) is 71.7 Å². The largest absolute Gasteiger partial charge is 0.379 e. The topological polar surface area (TPSA) is 66.8 Å². The lowest BCUT2D eigenvalue weighted by Gasteiger charge is -2.22. The minimum Gasteiger partial charge on any atom is -0.379 e. The maximum atomic E-state index is 13.6. The third-order valence-corrected chi connectivity index (χ3v) is 7.33. The van der Waals surface area contributed by atoms with Crippen LogP contribution in [0.15, 0.2) is 59.5 Å². The first-order chi connectivity index (χ1) is 16.8. The van der Waals surface area contributed by atoms with Crippen LogP contribution in [-0.2, 0) is 30.5 Å². The van der Waals surface area contributed by atoms with Crippen LogP contribution in [0.1, 0.15) is 30.5 Å². The Labute approximate surface area is 206 Å². The molecule has 2 aromatic carbocycles. The van der Waals surface area contributed by atoms with E-state index in [0.717, 1.165) is 54.1 Å². The molecule has 0 saturated carbocycles. The first-order valence-corrected chi connectivity index (χ1v) is 13.8. The molecule has 8 heteroatoms. The van der Waals surface area contributed by atoms with Crippen LogP contribution in [0.5, 0.6) is 0 Å². The third-order valence-electron chi connectivity index (χ3n) is 6.20. The molecule has 4 rings (SSSR count). The number of sulfone groups is 1.